The van der Waals surface area contributed by atoms with E-state index in [-0.39, 0.29) is 29.8 Å². The Hall–Kier alpha value is -3.84. The molecule has 3 aliphatic heterocycles. The molecule has 1 atom stereocenters. The fourth-order valence-electron chi connectivity index (χ4n) is 7.26. The molecular weight excluding hydrogens is 718 g/mol. The molecular formula is C38H50BrN5O7. The van der Waals surface area contributed by atoms with Crippen LogP contribution in [0.2, 0.25) is 0 Å². The van der Waals surface area contributed by atoms with Crippen molar-refractivity contribution in [1.29, 1.82) is 0 Å². The molecule has 3 heterocycles. The number of hydrogen-bond acceptors (Lipinski definition) is 8. The number of ether oxygens (including phenoxy) is 3. The van der Waals surface area contributed by atoms with Gasteiger partial charge in [-0.3, -0.25) is 9.59 Å². The van der Waals surface area contributed by atoms with Crippen molar-refractivity contribution in [3.8, 4) is 11.5 Å². The van der Waals surface area contributed by atoms with Crippen LogP contribution in [0.3, 0.4) is 0 Å². The van der Waals surface area contributed by atoms with Crippen LogP contribution in [-0.4, -0.2) is 121 Å². The van der Waals surface area contributed by atoms with Crippen molar-refractivity contribution in [2.75, 3.05) is 65.4 Å². The van der Waals surface area contributed by atoms with Crippen LogP contribution >= 0.6 is 15.9 Å². The lowest BCUT2D eigenvalue weighted by molar-refractivity contribution is 0.0275. The van der Waals surface area contributed by atoms with E-state index in [1.54, 1.807) is 37.8 Å². The lowest BCUT2D eigenvalue weighted by Crippen LogP contribution is -2.50. The lowest BCUT2D eigenvalue weighted by atomic mass is 9.83. The van der Waals surface area contributed by atoms with Crippen LogP contribution in [0.1, 0.15) is 91.5 Å². The number of piperazine rings is 2. The number of para-hydroxylation sites is 1. The van der Waals surface area contributed by atoms with Crippen LogP contribution in [0, 0.1) is 0 Å². The number of rotatable bonds is 6. The average molecular weight is 769 g/mol. The van der Waals surface area contributed by atoms with Crippen molar-refractivity contribution in [3.63, 3.8) is 0 Å². The number of nitrogens with one attached hydrogen (secondary N) is 1. The molecule has 3 saturated heterocycles. The molecule has 0 unspecified atom stereocenters. The maximum absolute atomic E-state index is 13.9. The zero-order chi connectivity index (χ0) is 36.1. The highest BCUT2D eigenvalue weighted by molar-refractivity contribution is 9.10. The average Bonchev–Trinajstić information content (AvgIpc) is 3.61. The van der Waals surface area contributed by atoms with Crippen molar-refractivity contribution in [2.24, 2.45) is 0 Å². The molecule has 0 spiro atoms. The molecule has 13 heteroatoms. The molecule has 0 bridgehead atoms. The first-order valence-corrected chi connectivity index (χ1v) is 19.1. The molecule has 51 heavy (non-hydrogen) atoms. The summed E-state index contributed by atoms with van der Waals surface area (Å²) in [6.45, 7) is 10.6. The second-order valence-corrected chi connectivity index (χ2v) is 15.7. The van der Waals surface area contributed by atoms with Gasteiger partial charge in [0.25, 0.3) is 11.8 Å². The number of amides is 4. The molecule has 1 aliphatic carbocycles. The third kappa shape index (κ3) is 9.15. The summed E-state index contributed by atoms with van der Waals surface area (Å²) >= 11 is 3.47. The van der Waals surface area contributed by atoms with E-state index in [0.29, 0.717) is 93.4 Å². The SMILES string of the molecule is CC(C)(C)OC(=O)N1CC[C@H](Oc2ccc(C(=O)N3CCN(C(=O)c4cccc(Br)c4OC(=O)N4CCNCC4)CC3)cc2C2CCCCC2)C1. The van der Waals surface area contributed by atoms with E-state index in [4.69, 9.17) is 14.2 Å². The topological polar surface area (TPSA) is 121 Å². The Morgan fingerprint density at radius 1 is 0.765 bits per heavy atom. The van der Waals surface area contributed by atoms with Gasteiger partial charge in [0.05, 0.1) is 16.6 Å². The van der Waals surface area contributed by atoms with Gasteiger partial charge in [0.15, 0.2) is 5.75 Å². The van der Waals surface area contributed by atoms with Crippen LogP contribution in [0.15, 0.2) is 40.9 Å². The van der Waals surface area contributed by atoms with E-state index in [1.165, 1.54) is 6.42 Å². The van der Waals surface area contributed by atoms with E-state index in [9.17, 15) is 19.2 Å². The largest absolute Gasteiger partial charge is 0.488 e. The van der Waals surface area contributed by atoms with Crippen molar-refractivity contribution in [1.82, 2.24) is 24.9 Å². The second-order valence-electron chi connectivity index (χ2n) is 14.8. The van der Waals surface area contributed by atoms with Gasteiger partial charge in [0.1, 0.15) is 17.5 Å². The van der Waals surface area contributed by atoms with E-state index in [1.807, 2.05) is 39.0 Å². The first-order valence-electron chi connectivity index (χ1n) is 18.3. The van der Waals surface area contributed by atoms with Crippen molar-refractivity contribution >= 4 is 39.9 Å². The number of carbonyl (C=O) groups excluding carboxylic acids is 4. The Morgan fingerprint density at radius 2 is 1.45 bits per heavy atom. The third-order valence-electron chi connectivity index (χ3n) is 10.0. The van der Waals surface area contributed by atoms with E-state index < -0.39 is 11.7 Å². The van der Waals surface area contributed by atoms with E-state index in [2.05, 4.69) is 21.2 Å². The summed E-state index contributed by atoms with van der Waals surface area (Å²) in [7, 11) is 0. The number of benzene rings is 2. The maximum atomic E-state index is 13.9. The second kappa shape index (κ2) is 16.2. The molecule has 276 valence electrons. The van der Waals surface area contributed by atoms with Gasteiger partial charge in [-0.25, -0.2) is 9.59 Å². The van der Waals surface area contributed by atoms with Crippen LogP contribution in [0.25, 0.3) is 0 Å². The smallest absolute Gasteiger partial charge is 0.415 e. The minimum absolute atomic E-state index is 0.0734. The summed E-state index contributed by atoms with van der Waals surface area (Å²) in [5.74, 6) is 0.976. The zero-order valence-corrected chi connectivity index (χ0v) is 31.5. The van der Waals surface area contributed by atoms with Crippen molar-refractivity contribution in [2.45, 2.75) is 76.9 Å². The number of carbonyl (C=O) groups is 4. The van der Waals surface area contributed by atoms with Crippen LogP contribution in [0.5, 0.6) is 11.5 Å². The molecule has 4 amide bonds. The summed E-state index contributed by atoms with van der Waals surface area (Å²) < 4.78 is 18.4. The van der Waals surface area contributed by atoms with Gasteiger partial charge >= 0.3 is 12.2 Å². The molecule has 2 aromatic rings. The summed E-state index contributed by atoms with van der Waals surface area (Å²) in [5.41, 5.74) is 1.41. The first kappa shape index (κ1) is 36.9. The molecule has 0 radical (unpaired) electrons. The van der Waals surface area contributed by atoms with Crippen LogP contribution in [0.4, 0.5) is 9.59 Å². The standard InChI is InChI=1S/C38H50BrN5O7/c1-38(2,3)51-37(48)44-17-14-28(25-44)49-32-13-12-27(24-30(32)26-8-5-4-6-9-26)34(45)41-20-22-42(23-21-41)35(46)29-10-7-11-31(39)33(29)50-36(47)43-18-15-40-16-19-43/h7,10-13,24,26,28,40H,4-6,8-9,14-23,25H2,1-3H3/t28-/m0/s1. The number of hydrogen-bond donors (Lipinski definition) is 1. The maximum Gasteiger partial charge on any atom is 0.415 e. The predicted octanol–water partition coefficient (Wildman–Crippen LogP) is 5.89. The van der Waals surface area contributed by atoms with Crippen molar-refractivity contribution < 1.29 is 33.4 Å². The molecule has 6 rings (SSSR count). The van der Waals surface area contributed by atoms with Gasteiger partial charge in [0, 0.05) is 70.9 Å². The lowest BCUT2D eigenvalue weighted by Gasteiger charge is -2.35. The van der Waals surface area contributed by atoms with Gasteiger partial charge in [-0.15, -0.1) is 0 Å². The molecule has 2 aromatic carbocycles. The summed E-state index contributed by atoms with van der Waals surface area (Å²) in [6.07, 6.45) is 5.35. The molecule has 1 saturated carbocycles. The monoisotopic (exact) mass is 767 g/mol. The highest BCUT2D eigenvalue weighted by Gasteiger charge is 2.33. The number of nitrogens with zero attached hydrogens (tertiary/aromatic N) is 4. The highest BCUT2D eigenvalue weighted by Crippen LogP contribution is 2.39. The Kier molecular flexibility index (Phi) is 11.8. The predicted molar refractivity (Wildman–Crippen MR) is 196 cm³/mol. The van der Waals surface area contributed by atoms with Crippen LogP contribution in [-0.2, 0) is 4.74 Å². The minimum atomic E-state index is -0.557. The number of likely N-dealkylation sites (tertiary alicyclic amines) is 1. The van der Waals surface area contributed by atoms with Crippen LogP contribution < -0.4 is 14.8 Å². The molecule has 1 N–H and O–H groups in total. The normalized spacial score (nSPS) is 20.3. The third-order valence-corrected chi connectivity index (χ3v) is 10.6. The Labute approximate surface area is 308 Å². The van der Waals surface area contributed by atoms with E-state index in [0.717, 1.165) is 37.0 Å². The molecule has 4 aliphatic rings. The Bertz CT molecular complexity index is 1590. The van der Waals surface area contributed by atoms with E-state index >= 15 is 0 Å². The van der Waals surface area contributed by atoms with Gasteiger partial charge in [0.2, 0.25) is 0 Å². The van der Waals surface area contributed by atoms with Gasteiger partial charge in [-0.2, -0.15) is 0 Å². The number of halogens is 1. The van der Waals surface area contributed by atoms with Gasteiger partial charge < -0.3 is 39.1 Å². The summed E-state index contributed by atoms with van der Waals surface area (Å²) in [4.78, 5) is 60.0. The first-order chi connectivity index (χ1) is 24.5. The molecule has 4 fully saturated rings. The summed E-state index contributed by atoms with van der Waals surface area (Å²) in [5, 5.41) is 3.21. The Balaban J connectivity index is 1.10. The van der Waals surface area contributed by atoms with Gasteiger partial charge in [-0.05, 0) is 91.4 Å². The fourth-order valence-corrected chi connectivity index (χ4v) is 7.71. The summed E-state index contributed by atoms with van der Waals surface area (Å²) in [6, 6.07) is 10.9. The van der Waals surface area contributed by atoms with Gasteiger partial charge in [-0.1, -0.05) is 25.3 Å². The minimum Gasteiger partial charge on any atom is -0.488 e. The molecule has 0 aromatic heterocycles. The van der Waals surface area contributed by atoms with Crippen molar-refractivity contribution in [3.05, 3.63) is 57.6 Å². The highest BCUT2D eigenvalue weighted by atomic mass is 79.9. The molecule has 12 nitrogen and oxygen atoms in total. The quantitative estimate of drug-likeness (QED) is 0.387. The fraction of sp³-hybridized carbons (Fsp3) is 0.579. The Morgan fingerprint density at radius 3 is 2.14 bits per heavy atom. The zero-order valence-electron chi connectivity index (χ0n) is 30.0.